The van der Waals surface area contributed by atoms with Crippen LogP contribution in [0.1, 0.15) is 32.3 Å². The molecule has 2 heteroatoms. The molecule has 1 nitrogen and oxygen atoms in total. The molecule has 0 radical (unpaired) electrons. The van der Waals surface area contributed by atoms with Gasteiger partial charge in [-0.15, -0.1) is 0 Å². The molecule has 0 atom stereocenters. The molecule has 1 aromatic rings. The van der Waals surface area contributed by atoms with Crippen LogP contribution in [-0.4, -0.2) is 24.1 Å². The van der Waals surface area contributed by atoms with E-state index >= 15 is 0 Å². The summed E-state index contributed by atoms with van der Waals surface area (Å²) in [5.41, 5.74) is 2.39. The van der Waals surface area contributed by atoms with Crippen LogP contribution >= 0.6 is 11.8 Å². The molecule has 18 heavy (non-hydrogen) atoms. The van der Waals surface area contributed by atoms with E-state index in [2.05, 4.69) is 56.3 Å². The molecule has 0 bridgehead atoms. The first kappa shape index (κ1) is 15.3. The molecular weight excluding hydrogens is 238 g/mol. The topological polar surface area (TPSA) is 12.0 Å². The molecule has 0 aliphatic rings. The van der Waals surface area contributed by atoms with Gasteiger partial charge in [0.2, 0.25) is 0 Å². The van der Waals surface area contributed by atoms with E-state index < -0.39 is 0 Å². The van der Waals surface area contributed by atoms with Crippen LogP contribution in [0.15, 0.2) is 36.9 Å². The average Bonchev–Trinajstić information content (AvgIpc) is 2.45. The van der Waals surface area contributed by atoms with Gasteiger partial charge in [-0.1, -0.05) is 50.8 Å². The summed E-state index contributed by atoms with van der Waals surface area (Å²) in [6.45, 7) is 10.6. The van der Waals surface area contributed by atoms with Crippen molar-refractivity contribution in [3.05, 3.63) is 42.5 Å². The van der Waals surface area contributed by atoms with Gasteiger partial charge in [0, 0.05) is 17.8 Å². The molecule has 0 aliphatic carbocycles. The summed E-state index contributed by atoms with van der Waals surface area (Å²) in [6.07, 6.45) is 4.62. The van der Waals surface area contributed by atoms with Gasteiger partial charge in [-0.05, 0) is 30.2 Å². The Morgan fingerprint density at radius 1 is 1.22 bits per heavy atom. The highest BCUT2D eigenvalue weighted by Crippen LogP contribution is 2.29. The molecule has 0 amide bonds. The first-order valence-corrected chi connectivity index (χ1v) is 7.89. The quantitative estimate of drug-likeness (QED) is 0.754. The third kappa shape index (κ3) is 4.18. The van der Waals surface area contributed by atoms with E-state index in [0.717, 1.165) is 18.7 Å². The predicted octanol–water partition coefficient (Wildman–Crippen LogP) is 4.21. The van der Waals surface area contributed by atoms with Crippen LogP contribution in [0, 0.1) is 0 Å². The van der Waals surface area contributed by atoms with Crippen molar-refractivity contribution in [1.29, 1.82) is 0 Å². The maximum atomic E-state index is 4.15. The molecule has 0 saturated carbocycles. The Kier molecular flexibility index (Phi) is 6.51. The van der Waals surface area contributed by atoms with Crippen molar-refractivity contribution in [2.45, 2.75) is 31.4 Å². The van der Waals surface area contributed by atoms with Crippen molar-refractivity contribution < 1.29 is 0 Å². The zero-order valence-corrected chi connectivity index (χ0v) is 12.6. The normalized spacial score (nSPS) is 11.5. The Morgan fingerprint density at radius 3 is 2.33 bits per heavy atom. The fourth-order valence-electron chi connectivity index (χ4n) is 2.08. The molecular formula is C16H25NS. The van der Waals surface area contributed by atoms with Crippen LogP contribution in [0.5, 0.6) is 0 Å². The van der Waals surface area contributed by atoms with Crippen LogP contribution in [-0.2, 0) is 0 Å². The van der Waals surface area contributed by atoms with E-state index in [1.54, 1.807) is 0 Å². The number of thioether (sulfide) groups is 1. The second kappa shape index (κ2) is 7.65. The molecule has 0 heterocycles. The smallest absolute Gasteiger partial charge is 0.0276 e. The standard InChI is InChI=1S/C16H25NS/c1-5-16(6-2,18-4)13-17-12-14(3)15-10-8-7-9-11-15/h7-11,17H,3,5-6,12-13H2,1-2,4H3. The lowest BCUT2D eigenvalue weighted by molar-refractivity contribution is 0.511. The number of rotatable bonds is 8. The van der Waals surface area contributed by atoms with Crippen LogP contribution in [0.3, 0.4) is 0 Å². The Labute approximate surface area is 116 Å². The van der Waals surface area contributed by atoms with E-state index in [0.29, 0.717) is 4.75 Å². The van der Waals surface area contributed by atoms with Crippen molar-refractivity contribution in [3.8, 4) is 0 Å². The summed E-state index contributed by atoms with van der Waals surface area (Å²) in [5.74, 6) is 0. The van der Waals surface area contributed by atoms with Crippen LogP contribution in [0.2, 0.25) is 0 Å². The molecule has 1 rings (SSSR count). The molecule has 0 aliphatic heterocycles. The summed E-state index contributed by atoms with van der Waals surface area (Å²) in [7, 11) is 0. The molecule has 0 aromatic heterocycles. The van der Waals surface area contributed by atoms with Crippen molar-refractivity contribution in [2.24, 2.45) is 0 Å². The maximum Gasteiger partial charge on any atom is 0.0276 e. The van der Waals surface area contributed by atoms with E-state index in [9.17, 15) is 0 Å². The van der Waals surface area contributed by atoms with Crippen LogP contribution in [0.25, 0.3) is 5.57 Å². The summed E-state index contributed by atoms with van der Waals surface area (Å²) < 4.78 is 0.372. The second-order valence-electron chi connectivity index (χ2n) is 4.67. The summed E-state index contributed by atoms with van der Waals surface area (Å²) in [5, 5.41) is 3.56. The van der Waals surface area contributed by atoms with Crippen molar-refractivity contribution in [1.82, 2.24) is 5.32 Å². The zero-order valence-electron chi connectivity index (χ0n) is 11.8. The van der Waals surface area contributed by atoms with Gasteiger partial charge in [-0.3, -0.25) is 0 Å². The van der Waals surface area contributed by atoms with Gasteiger partial charge in [0.05, 0.1) is 0 Å². The van der Waals surface area contributed by atoms with Gasteiger partial charge in [0.15, 0.2) is 0 Å². The van der Waals surface area contributed by atoms with E-state index in [4.69, 9.17) is 0 Å². The minimum Gasteiger partial charge on any atom is -0.311 e. The average molecular weight is 263 g/mol. The Balaban J connectivity index is 2.44. The SMILES string of the molecule is C=C(CNCC(CC)(CC)SC)c1ccccc1. The highest BCUT2D eigenvalue weighted by atomic mass is 32.2. The fourth-order valence-corrected chi connectivity index (χ4v) is 2.90. The fraction of sp³-hybridized carbons (Fsp3) is 0.500. The summed E-state index contributed by atoms with van der Waals surface area (Å²) in [4.78, 5) is 0. The number of nitrogens with one attached hydrogen (secondary N) is 1. The Morgan fingerprint density at radius 2 is 1.83 bits per heavy atom. The van der Waals surface area contributed by atoms with Crippen LogP contribution < -0.4 is 5.32 Å². The third-order valence-electron chi connectivity index (χ3n) is 3.69. The molecule has 0 unspecified atom stereocenters. The van der Waals surface area contributed by atoms with Gasteiger partial charge < -0.3 is 5.32 Å². The monoisotopic (exact) mass is 263 g/mol. The highest BCUT2D eigenvalue weighted by Gasteiger charge is 2.23. The molecule has 100 valence electrons. The van der Waals surface area contributed by atoms with E-state index in [-0.39, 0.29) is 0 Å². The predicted molar refractivity (Wildman–Crippen MR) is 85.2 cm³/mol. The first-order chi connectivity index (χ1) is 8.67. The minimum absolute atomic E-state index is 0.372. The number of hydrogen-bond acceptors (Lipinski definition) is 2. The zero-order chi connectivity index (χ0) is 13.4. The van der Waals surface area contributed by atoms with Crippen molar-refractivity contribution in [2.75, 3.05) is 19.3 Å². The molecule has 0 fully saturated rings. The number of hydrogen-bond donors (Lipinski definition) is 1. The van der Waals surface area contributed by atoms with Gasteiger partial charge in [-0.2, -0.15) is 11.8 Å². The summed E-state index contributed by atoms with van der Waals surface area (Å²) in [6, 6.07) is 10.4. The second-order valence-corrected chi connectivity index (χ2v) is 5.94. The molecule has 0 spiro atoms. The molecule has 0 saturated heterocycles. The van der Waals surface area contributed by atoms with Gasteiger partial charge >= 0.3 is 0 Å². The molecule has 1 N–H and O–H groups in total. The Bertz CT molecular complexity index is 346. The highest BCUT2D eigenvalue weighted by molar-refractivity contribution is 8.00. The lowest BCUT2D eigenvalue weighted by Gasteiger charge is -2.30. The van der Waals surface area contributed by atoms with E-state index in [1.807, 2.05) is 17.8 Å². The van der Waals surface area contributed by atoms with Crippen molar-refractivity contribution in [3.63, 3.8) is 0 Å². The van der Waals surface area contributed by atoms with Gasteiger partial charge in [-0.25, -0.2) is 0 Å². The molecule has 1 aromatic carbocycles. The van der Waals surface area contributed by atoms with Crippen molar-refractivity contribution >= 4 is 17.3 Å². The van der Waals surface area contributed by atoms with Gasteiger partial charge in [0.25, 0.3) is 0 Å². The lowest BCUT2D eigenvalue weighted by atomic mass is 10.0. The van der Waals surface area contributed by atoms with Crippen LogP contribution in [0.4, 0.5) is 0 Å². The summed E-state index contributed by atoms with van der Waals surface area (Å²) >= 11 is 1.97. The Hall–Kier alpha value is -0.730. The minimum atomic E-state index is 0.372. The first-order valence-electron chi connectivity index (χ1n) is 6.66. The largest absolute Gasteiger partial charge is 0.311 e. The third-order valence-corrected chi connectivity index (χ3v) is 5.28. The number of benzene rings is 1. The van der Waals surface area contributed by atoms with Gasteiger partial charge in [0.1, 0.15) is 0 Å². The van der Waals surface area contributed by atoms with E-state index in [1.165, 1.54) is 18.4 Å². The lowest BCUT2D eigenvalue weighted by Crippen LogP contribution is -2.37. The maximum absolute atomic E-state index is 4.15.